The smallest absolute Gasteiger partial charge is 0.268 e. The Morgan fingerprint density at radius 1 is 1.10 bits per heavy atom. The van der Waals surface area contributed by atoms with Gasteiger partial charge < -0.3 is 19.8 Å². The van der Waals surface area contributed by atoms with Gasteiger partial charge in [-0.05, 0) is 50.5 Å². The van der Waals surface area contributed by atoms with Crippen molar-refractivity contribution in [1.82, 2.24) is 14.6 Å². The topological polar surface area (TPSA) is 101 Å². The van der Waals surface area contributed by atoms with Crippen molar-refractivity contribution in [3.8, 4) is 11.5 Å². The number of aryl methyl sites for hydroxylation is 1. The molecule has 0 atom stereocenters. The molecule has 9 heteroatoms. The molecule has 2 N–H and O–H groups in total. The van der Waals surface area contributed by atoms with E-state index in [1.807, 2.05) is 0 Å². The molecule has 8 nitrogen and oxygen atoms in total. The first-order chi connectivity index (χ1) is 14.8. The van der Waals surface area contributed by atoms with E-state index in [0.29, 0.717) is 35.8 Å². The minimum atomic E-state index is -3.66. The van der Waals surface area contributed by atoms with Crippen LogP contribution in [0.2, 0.25) is 0 Å². The van der Waals surface area contributed by atoms with Crippen LogP contribution in [0.15, 0.2) is 23.1 Å². The first-order valence-electron chi connectivity index (χ1n) is 10.5. The van der Waals surface area contributed by atoms with Crippen LogP contribution in [0.1, 0.15) is 53.0 Å². The molecule has 0 spiro atoms. The lowest BCUT2D eigenvalue weighted by Gasteiger charge is -2.20. The third-order valence-corrected chi connectivity index (χ3v) is 7.86. The summed E-state index contributed by atoms with van der Waals surface area (Å²) in [5.41, 5.74) is 1.93. The molecule has 1 aromatic heterocycles. The quantitative estimate of drug-likeness (QED) is 0.676. The molecule has 0 bridgehead atoms. The third-order valence-electron chi connectivity index (χ3n) is 5.69. The second-order valence-corrected chi connectivity index (χ2v) is 9.63. The molecule has 0 saturated carbocycles. The lowest BCUT2D eigenvalue weighted by atomic mass is 10.1. The van der Waals surface area contributed by atoms with Gasteiger partial charge >= 0.3 is 0 Å². The minimum absolute atomic E-state index is 0.207. The highest BCUT2D eigenvalue weighted by atomic mass is 32.2. The highest BCUT2D eigenvalue weighted by molar-refractivity contribution is 7.89. The molecule has 2 aromatic rings. The fourth-order valence-electron chi connectivity index (χ4n) is 4.04. The number of carbonyl (C=O) groups is 1. The van der Waals surface area contributed by atoms with Crippen molar-refractivity contribution in [2.45, 2.75) is 51.0 Å². The van der Waals surface area contributed by atoms with Gasteiger partial charge in [0.05, 0.1) is 14.2 Å². The molecule has 3 rings (SSSR count). The normalized spacial score (nSPS) is 15.4. The number of benzene rings is 1. The van der Waals surface area contributed by atoms with E-state index in [0.717, 1.165) is 31.2 Å². The number of sulfonamides is 1. The molecule has 0 unspecified atom stereocenters. The van der Waals surface area contributed by atoms with E-state index >= 15 is 0 Å². The Labute approximate surface area is 184 Å². The molecule has 1 aromatic carbocycles. The van der Waals surface area contributed by atoms with E-state index in [9.17, 15) is 13.2 Å². The summed E-state index contributed by atoms with van der Waals surface area (Å²) in [5, 5.41) is 2.85. The Balaban J connectivity index is 1.82. The second-order valence-electron chi connectivity index (χ2n) is 7.76. The van der Waals surface area contributed by atoms with Gasteiger partial charge in [-0.1, -0.05) is 12.8 Å². The zero-order valence-electron chi connectivity index (χ0n) is 18.6. The van der Waals surface area contributed by atoms with E-state index < -0.39 is 10.0 Å². The van der Waals surface area contributed by atoms with Crippen LogP contribution < -0.4 is 14.8 Å². The molecule has 2 heterocycles. The van der Waals surface area contributed by atoms with Crippen LogP contribution in [-0.4, -0.2) is 50.9 Å². The number of amides is 1. The van der Waals surface area contributed by atoms with Gasteiger partial charge in [0.1, 0.15) is 22.1 Å². The Hall–Kier alpha value is -2.52. The Kier molecular flexibility index (Phi) is 7.27. The molecule has 1 fully saturated rings. The molecule has 1 amide bonds. The standard InChI is InChI=1S/C22H31N3O5S/c1-15-20(22(26)23-14-17-13-18(29-3)9-10-19(17)30-4)24-16(2)21(15)31(27,28)25-11-7-5-6-8-12-25/h9-10,13,24H,5-8,11-12,14H2,1-4H3,(H,23,26). The van der Waals surface area contributed by atoms with Crippen molar-refractivity contribution in [3.63, 3.8) is 0 Å². The first kappa shape index (κ1) is 23.1. The largest absolute Gasteiger partial charge is 0.497 e. The Morgan fingerprint density at radius 3 is 2.39 bits per heavy atom. The van der Waals surface area contributed by atoms with Crippen molar-refractivity contribution in [3.05, 3.63) is 40.7 Å². The number of aromatic nitrogens is 1. The summed E-state index contributed by atoms with van der Waals surface area (Å²) in [6.45, 7) is 4.62. The van der Waals surface area contributed by atoms with Crippen LogP contribution in [0.3, 0.4) is 0 Å². The van der Waals surface area contributed by atoms with Crippen molar-refractivity contribution < 1.29 is 22.7 Å². The molecule has 31 heavy (non-hydrogen) atoms. The molecular formula is C22H31N3O5S. The van der Waals surface area contributed by atoms with Gasteiger partial charge in [0.15, 0.2) is 0 Å². The highest BCUT2D eigenvalue weighted by Crippen LogP contribution is 2.28. The number of rotatable bonds is 7. The number of hydrogen-bond donors (Lipinski definition) is 2. The van der Waals surface area contributed by atoms with Crippen molar-refractivity contribution in [1.29, 1.82) is 0 Å². The Morgan fingerprint density at radius 2 is 1.77 bits per heavy atom. The van der Waals surface area contributed by atoms with Crippen LogP contribution in [0.5, 0.6) is 11.5 Å². The summed E-state index contributed by atoms with van der Waals surface area (Å²) in [5.74, 6) is 0.912. The average molecular weight is 450 g/mol. The summed E-state index contributed by atoms with van der Waals surface area (Å²) < 4.78 is 38.7. The predicted molar refractivity (Wildman–Crippen MR) is 118 cm³/mol. The fourth-order valence-corrected chi connectivity index (χ4v) is 5.97. The minimum Gasteiger partial charge on any atom is -0.497 e. The van der Waals surface area contributed by atoms with E-state index in [2.05, 4.69) is 10.3 Å². The molecule has 1 aliphatic heterocycles. The zero-order valence-corrected chi connectivity index (χ0v) is 19.4. The number of nitrogens with zero attached hydrogens (tertiary/aromatic N) is 1. The van der Waals surface area contributed by atoms with Gasteiger partial charge in [0.2, 0.25) is 10.0 Å². The van der Waals surface area contributed by atoms with Gasteiger partial charge in [-0.3, -0.25) is 4.79 Å². The molecule has 0 radical (unpaired) electrons. The SMILES string of the molecule is COc1ccc(OC)c(CNC(=O)c2[nH]c(C)c(S(=O)(=O)N3CCCCCC3)c2C)c1. The molecule has 1 aliphatic rings. The summed E-state index contributed by atoms with van der Waals surface area (Å²) >= 11 is 0. The van der Waals surface area contributed by atoms with Crippen molar-refractivity contribution in [2.75, 3.05) is 27.3 Å². The zero-order chi connectivity index (χ0) is 22.6. The second kappa shape index (κ2) is 9.74. The van der Waals surface area contributed by atoms with Crippen LogP contribution in [-0.2, 0) is 16.6 Å². The molecule has 1 saturated heterocycles. The molecule has 0 aliphatic carbocycles. The van der Waals surface area contributed by atoms with Crippen molar-refractivity contribution in [2.24, 2.45) is 0 Å². The fraction of sp³-hybridized carbons (Fsp3) is 0.500. The molecular weight excluding hydrogens is 418 g/mol. The number of carbonyl (C=O) groups excluding carboxylic acids is 1. The van der Waals surface area contributed by atoms with Crippen LogP contribution in [0, 0.1) is 13.8 Å². The van der Waals surface area contributed by atoms with Gasteiger partial charge in [0, 0.05) is 30.9 Å². The number of nitrogens with one attached hydrogen (secondary N) is 2. The van der Waals surface area contributed by atoms with E-state index in [-0.39, 0.29) is 23.0 Å². The average Bonchev–Trinajstić information content (AvgIpc) is 2.93. The summed E-state index contributed by atoms with van der Waals surface area (Å²) in [4.78, 5) is 16.1. The van der Waals surface area contributed by atoms with Crippen LogP contribution >= 0.6 is 0 Å². The van der Waals surface area contributed by atoms with E-state index in [1.54, 1.807) is 50.6 Å². The van der Waals surface area contributed by atoms with Crippen LogP contribution in [0.25, 0.3) is 0 Å². The van der Waals surface area contributed by atoms with E-state index in [4.69, 9.17) is 9.47 Å². The lowest BCUT2D eigenvalue weighted by Crippen LogP contribution is -2.32. The van der Waals surface area contributed by atoms with Crippen LogP contribution in [0.4, 0.5) is 0 Å². The first-order valence-corrected chi connectivity index (χ1v) is 11.9. The number of aromatic amines is 1. The summed E-state index contributed by atoms with van der Waals surface area (Å²) in [6.07, 6.45) is 3.80. The monoisotopic (exact) mass is 449 g/mol. The predicted octanol–water partition coefficient (Wildman–Crippen LogP) is 3.14. The van der Waals surface area contributed by atoms with Gasteiger partial charge in [-0.2, -0.15) is 4.31 Å². The molecule has 170 valence electrons. The number of hydrogen-bond acceptors (Lipinski definition) is 5. The number of methoxy groups -OCH3 is 2. The maximum Gasteiger partial charge on any atom is 0.268 e. The highest BCUT2D eigenvalue weighted by Gasteiger charge is 2.32. The van der Waals surface area contributed by atoms with Crippen molar-refractivity contribution >= 4 is 15.9 Å². The maximum atomic E-state index is 13.3. The van der Waals surface area contributed by atoms with Gasteiger partial charge in [-0.15, -0.1) is 0 Å². The van der Waals surface area contributed by atoms with Gasteiger partial charge in [0.25, 0.3) is 5.91 Å². The van der Waals surface area contributed by atoms with E-state index in [1.165, 1.54) is 0 Å². The third kappa shape index (κ3) is 4.88. The number of H-pyrrole nitrogens is 1. The van der Waals surface area contributed by atoms with Gasteiger partial charge in [-0.25, -0.2) is 8.42 Å². The lowest BCUT2D eigenvalue weighted by molar-refractivity contribution is 0.0945. The Bertz CT molecular complexity index is 1040. The maximum absolute atomic E-state index is 13.3. The summed E-state index contributed by atoms with van der Waals surface area (Å²) in [6, 6.07) is 5.35. The summed E-state index contributed by atoms with van der Waals surface area (Å²) in [7, 11) is -0.529. The number of ether oxygens (including phenoxy) is 2.